The summed E-state index contributed by atoms with van der Waals surface area (Å²) in [5, 5.41) is 0. The first-order valence-electron chi connectivity index (χ1n) is 4.40. The average Bonchev–Trinajstić information content (AvgIpc) is 2.67. The van der Waals surface area contributed by atoms with Gasteiger partial charge in [0, 0.05) is 12.0 Å². The van der Waals surface area contributed by atoms with Gasteiger partial charge in [-0.3, -0.25) is 0 Å². The number of nitrogens with zero attached hydrogens (tertiary/aromatic N) is 1. The van der Waals surface area contributed by atoms with E-state index in [-0.39, 0.29) is 7.43 Å². The minimum atomic E-state index is 0. The molecule has 1 heterocycles. The van der Waals surface area contributed by atoms with Crippen LogP contribution in [0.3, 0.4) is 0 Å². The molecule has 0 saturated heterocycles. The van der Waals surface area contributed by atoms with Crippen molar-refractivity contribution in [2.45, 2.75) is 20.8 Å². The first-order chi connectivity index (χ1) is 6.40. The van der Waals surface area contributed by atoms with Crippen molar-refractivity contribution in [2.75, 3.05) is 0 Å². The van der Waals surface area contributed by atoms with E-state index in [4.69, 9.17) is 4.42 Å². The molecule has 0 unspecified atom stereocenters. The molecule has 0 aliphatic carbocycles. The summed E-state index contributed by atoms with van der Waals surface area (Å²) >= 11 is 0. The molecule has 2 nitrogen and oxygen atoms in total. The molecular formula is C12H15NO. The van der Waals surface area contributed by atoms with Gasteiger partial charge in [0.15, 0.2) is 5.89 Å². The Balaban J connectivity index is 0.000000980. The lowest BCUT2D eigenvalue weighted by Crippen LogP contribution is -1.79. The van der Waals surface area contributed by atoms with Crippen LogP contribution in [0.4, 0.5) is 0 Å². The summed E-state index contributed by atoms with van der Waals surface area (Å²) in [5.74, 6) is 0.791. The predicted octanol–water partition coefficient (Wildman–Crippen LogP) is 3.54. The van der Waals surface area contributed by atoms with Crippen molar-refractivity contribution in [3.05, 3.63) is 42.5 Å². The van der Waals surface area contributed by atoms with E-state index in [0.29, 0.717) is 0 Å². The zero-order valence-corrected chi connectivity index (χ0v) is 7.53. The third-order valence-electron chi connectivity index (χ3n) is 1.92. The zero-order valence-electron chi connectivity index (χ0n) is 7.53. The number of hydrogen-bond acceptors (Lipinski definition) is 2. The SMILES string of the molecule is C.CCc1nc(-c2ccccc2)co1. The lowest BCUT2D eigenvalue weighted by molar-refractivity contribution is 0.502. The Bertz CT molecular complexity index is 378. The minimum Gasteiger partial charge on any atom is -0.448 e. The van der Waals surface area contributed by atoms with Gasteiger partial charge in [-0.25, -0.2) is 4.98 Å². The van der Waals surface area contributed by atoms with Crippen LogP contribution in [0.5, 0.6) is 0 Å². The fraction of sp³-hybridized carbons (Fsp3) is 0.250. The fourth-order valence-electron chi connectivity index (χ4n) is 1.21. The minimum absolute atomic E-state index is 0. The second-order valence-corrected chi connectivity index (χ2v) is 2.85. The van der Waals surface area contributed by atoms with E-state index in [1.54, 1.807) is 6.26 Å². The predicted molar refractivity (Wildman–Crippen MR) is 58.0 cm³/mol. The Morgan fingerprint density at radius 3 is 2.50 bits per heavy atom. The Hall–Kier alpha value is -1.57. The third-order valence-corrected chi connectivity index (χ3v) is 1.92. The van der Waals surface area contributed by atoms with Gasteiger partial charge in [-0.2, -0.15) is 0 Å². The molecule has 0 atom stereocenters. The summed E-state index contributed by atoms with van der Waals surface area (Å²) < 4.78 is 5.26. The highest BCUT2D eigenvalue weighted by Crippen LogP contribution is 2.17. The summed E-state index contributed by atoms with van der Waals surface area (Å²) in [6, 6.07) is 10.0. The number of rotatable bonds is 2. The molecule has 14 heavy (non-hydrogen) atoms. The molecule has 1 aromatic heterocycles. The normalized spacial score (nSPS) is 9.50. The molecule has 0 fully saturated rings. The summed E-state index contributed by atoms with van der Waals surface area (Å²) in [7, 11) is 0. The van der Waals surface area contributed by atoms with Gasteiger partial charge in [0.1, 0.15) is 12.0 Å². The van der Waals surface area contributed by atoms with Gasteiger partial charge in [0.05, 0.1) is 0 Å². The Labute approximate surface area is 84.6 Å². The van der Waals surface area contributed by atoms with Crippen LogP contribution in [0.1, 0.15) is 20.2 Å². The van der Waals surface area contributed by atoms with Gasteiger partial charge in [0.25, 0.3) is 0 Å². The topological polar surface area (TPSA) is 26.0 Å². The van der Waals surface area contributed by atoms with Gasteiger partial charge >= 0.3 is 0 Å². The van der Waals surface area contributed by atoms with E-state index < -0.39 is 0 Å². The molecule has 0 amide bonds. The van der Waals surface area contributed by atoms with Crippen molar-refractivity contribution in [3.63, 3.8) is 0 Å². The van der Waals surface area contributed by atoms with E-state index >= 15 is 0 Å². The second kappa shape index (κ2) is 4.61. The van der Waals surface area contributed by atoms with Crippen molar-refractivity contribution in [3.8, 4) is 11.3 Å². The second-order valence-electron chi connectivity index (χ2n) is 2.85. The Morgan fingerprint density at radius 2 is 1.93 bits per heavy atom. The lowest BCUT2D eigenvalue weighted by Gasteiger charge is -1.91. The summed E-state index contributed by atoms with van der Waals surface area (Å²) in [6.45, 7) is 2.03. The van der Waals surface area contributed by atoms with Crippen LogP contribution in [0.2, 0.25) is 0 Å². The van der Waals surface area contributed by atoms with E-state index in [1.807, 2.05) is 37.3 Å². The number of hydrogen-bond donors (Lipinski definition) is 0. The van der Waals surface area contributed by atoms with Crippen molar-refractivity contribution in [1.82, 2.24) is 4.98 Å². The smallest absolute Gasteiger partial charge is 0.194 e. The van der Waals surface area contributed by atoms with Gasteiger partial charge in [0.2, 0.25) is 0 Å². The summed E-state index contributed by atoms with van der Waals surface area (Å²) in [5.41, 5.74) is 2.02. The number of aryl methyl sites for hydroxylation is 1. The first kappa shape index (κ1) is 10.5. The average molecular weight is 189 g/mol. The highest BCUT2D eigenvalue weighted by molar-refractivity contribution is 5.57. The molecule has 2 heteroatoms. The van der Waals surface area contributed by atoms with Crippen molar-refractivity contribution in [1.29, 1.82) is 0 Å². The van der Waals surface area contributed by atoms with Crippen LogP contribution in [-0.4, -0.2) is 4.98 Å². The van der Waals surface area contributed by atoms with E-state index in [2.05, 4.69) is 4.98 Å². The molecule has 2 aromatic rings. The monoisotopic (exact) mass is 189 g/mol. The molecule has 1 aromatic carbocycles. The number of benzene rings is 1. The molecule has 2 rings (SSSR count). The standard InChI is InChI=1S/C11H11NO.CH4/c1-2-11-12-10(8-13-11)9-6-4-3-5-7-9;/h3-8H,2H2,1H3;1H4. The van der Waals surface area contributed by atoms with Crippen LogP contribution in [0.15, 0.2) is 41.0 Å². The van der Waals surface area contributed by atoms with Gasteiger partial charge in [-0.05, 0) is 0 Å². The maximum Gasteiger partial charge on any atom is 0.194 e. The highest BCUT2D eigenvalue weighted by atomic mass is 16.3. The highest BCUT2D eigenvalue weighted by Gasteiger charge is 2.02. The maximum absolute atomic E-state index is 5.26. The molecule has 74 valence electrons. The van der Waals surface area contributed by atoms with E-state index in [9.17, 15) is 0 Å². The van der Waals surface area contributed by atoms with Crippen LogP contribution in [0.25, 0.3) is 11.3 Å². The third kappa shape index (κ3) is 2.02. The molecule has 0 spiro atoms. The summed E-state index contributed by atoms with van der Waals surface area (Å²) in [4.78, 5) is 4.33. The van der Waals surface area contributed by atoms with Crippen LogP contribution >= 0.6 is 0 Å². The van der Waals surface area contributed by atoms with E-state index in [1.165, 1.54) is 0 Å². The van der Waals surface area contributed by atoms with Crippen LogP contribution in [0, 0.1) is 0 Å². The van der Waals surface area contributed by atoms with Gasteiger partial charge in [-0.1, -0.05) is 44.7 Å². The first-order valence-corrected chi connectivity index (χ1v) is 4.40. The zero-order chi connectivity index (χ0) is 9.10. The fourth-order valence-corrected chi connectivity index (χ4v) is 1.21. The Kier molecular flexibility index (Phi) is 3.46. The van der Waals surface area contributed by atoms with Gasteiger partial charge < -0.3 is 4.42 Å². The lowest BCUT2D eigenvalue weighted by atomic mass is 10.2. The van der Waals surface area contributed by atoms with Crippen LogP contribution in [-0.2, 0) is 6.42 Å². The molecule has 0 saturated carbocycles. The Morgan fingerprint density at radius 1 is 1.21 bits per heavy atom. The van der Waals surface area contributed by atoms with Gasteiger partial charge in [-0.15, -0.1) is 0 Å². The molecule has 0 aliphatic rings. The van der Waals surface area contributed by atoms with Crippen molar-refractivity contribution >= 4 is 0 Å². The quantitative estimate of drug-likeness (QED) is 0.722. The van der Waals surface area contributed by atoms with Crippen molar-refractivity contribution < 1.29 is 4.42 Å². The molecule has 0 radical (unpaired) electrons. The van der Waals surface area contributed by atoms with Crippen LogP contribution < -0.4 is 0 Å². The summed E-state index contributed by atoms with van der Waals surface area (Å²) in [6.07, 6.45) is 2.54. The molecule has 0 bridgehead atoms. The molecule has 0 aliphatic heterocycles. The molecule has 0 N–H and O–H groups in total. The van der Waals surface area contributed by atoms with Crippen molar-refractivity contribution in [2.24, 2.45) is 0 Å². The maximum atomic E-state index is 5.26. The number of oxazole rings is 1. The number of aromatic nitrogens is 1. The molecular weight excluding hydrogens is 174 g/mol. The largest absolute Gasteiger partial charge is 0.448 e. The van der Waals surface area contributed by atoms with E-state index in [0.717, 1.165) is 23.6 Å².